The zero-order valence-corrected chi connectivity index (χ0v) is 22.9. The predicted molar refractivity (Wildman–Crippen MR) is 150 cm³/mol. The quantitative estimate of drug-likeness (QED) is 0.348. The van der Waals surface area contributed by atoms with Crippen molar-refractivity contribution in [3.05, 3.63) is 113 Å². The Morgan fingerprint density at radius 3 is 2.30 bits per heavy atom. The molecule has 2 aliphatic heterocycles. The van der Waals surface area contributed by atoms with Gasteiger partial charge in [-0.2, -0.15) is 0 Å². The summed E-state index contributed by atoms with van der Waals surface area (Å²) >= 11 is 6.22. The third-order valence-electron chi connectivity index (χ3n) is 7.07. The lowest BCUT2D eigenvalue weighted by atomic mass is 10.1. The summed E-state index contributed by atoms with van der Waals surface area (Å²) in [7, 11) is -1.63. The number of carbonyl (C=O) groups is 3. The number of furan rings is 1. The van der Waals surface area contributed by atoms with Crippen LogP contribution in [-0.4, -0.2) is 57.9 Å². The number of anilines is 1. The predicted octanol–water partition coefficient (Wildman–Crippen LogP) is 4.86. The standard InChI is InChI=1S/C30H24ClN3O5S/c31-22-6-3-5-20(17-22)19-34-24-18-21(10-11-27(24)40(38)26-9-2-1-7-23(26)29(34)36)28(35)32-12-14-33(15-13-32)30(37)25-8-4-16-39-25/h1-11,16-18H,12-15,19H2. The minimum atomic E-state index is -1.63. The zero-order chi connectivity index (χ0) is 27.8. The van der Waals surface area contributed by atoms with E-state index in [1.54, 1.807) is 81.4 Å². The van der Waals surface area contributed by atoms with Gasteiger partial charge >= 0.3 is 0 Å². The molecular weight excluding hydrogens is 550 g/mol. The number of amides is 3. The highest BCUT2D eigenvalue weighted by Gasteiger charge is 2.33. The van der Waals surface area contributed by atoms with E-state index in [1.807, 2.05) is 12.1 Å². The van der Waals surface area contributed by atoms with Crippen LogP contribution in [0.25, 0.3) is 0 Å². The second-order valence-corrected chi connectivity index (χ2v) is 11.4. The highest BCUT2D eigenvalue weighted by atomic mass is 35.5. The number of fused-ring (bicyclic) bond motifs is 2. The number of rotatable bonds is 4. The van der Waals surface area contributed by atoms with E-state index < -0.39 is 10.8 Å². The summed E-state index contributed by atoms with van der Waals surface area (Å²) < 4.78 is 18.9. The Balaban J connectivity index is 1.31. The zero-order valence-electron chi connectivity index (χ0n) is 21.3. The Morgan fingerprint density at radius 1 is 0.825 bits per heavy atom. The van der Waals surface area contributed by atoms with E-state index >= 15 is 0 Å². The number of hydrogen-bond acceptors (Lipinski definition) is 5. The first-order chi connectivity index (χ1) is 19.4. The van der Waals surface area contributed by atoms with Crippen molar-refractivity contribution < 1.29 is 23.0 Å². The van der Waals surface area contributed by atoms with Gasteiger partial charge in [-0.25, -0.2) is 4.21 Å². The van der Waals surface area contributed by atoms with Gasteiger partial charge in [0.15, 0.2) is 5.76 Å². The fourth-order valence-electron chi connectivity index (χ4n) is 5.02. The summed E-state index contributed by atoms with van der Waals surface area (Å²) in [6.45, 7) is 1.63. The first kappa shape index (κ1) is 26.0. The largest absolute Gasteiger partial charge is 0.459 e. The average molecular weight is 574 g/mol. The molecule has 1 unspecified atom stereocenters. The molecule has 10 heteroatoms. The van der Waals surface area contributed by atoms with E-state index in [1.165, 1.54) is 6.26 Å². The molecule has 4 aromatic rings. The summed E-state index contributed by atoms with van der Waals surface area (Å²) in [4.78, 5) is 45.8. The van der Waals surface area contributed by atoms with Crippen molar-refractivity contribution in [3.63, 3.8) is 0 Å². The Bertz CT molecular complexity index is 1650. The SMILES string of the molecule is O=C(c1ccc2c(c1)N(Cc1cccc(Cl)c1)C(=O)c1ccccc1S2=O)N1CCN(C(=O)c2ccco2)CC1. The second-order valence-electron chi connectivity index (χ2n) is 9.53. The van der Waals surface area contributed by atoms with Gasteiger partial charge in [0.1, 0.15) is 0 Å². The van der Waals surface area contributed by atoms with Crippen LogP contribution in [-0.2, 0) is 17.3 Å². The van der Waals surface area contributed by atoms with Crippen LogP contribution in [0.3, 0.4) is 0 Å². The smallest absolute Gasteiger partial charge is 0.289 e. The Kier molecular flexibility index (Phi) is 7.00. The van der Waals surface area contributed by atoms with Crippen LogP contribution in [0.2, 0.25) is 5.02 Å². The fraction of sp³-hybridized carbons (Fsp3) is 0.167. The van der Waals surface area contributed by atoms with Crippen LogP contribution in [0, 0.1) is 0 Å². The number of benzene rings is 3. The van der Waals surface area contributed by atoms with Crippen LogP contribution in [0.5, 0.6) is 0 Å². The molecule has 202 valence electrons. The molecule has 0 bridgehead atoms. The van der Waals surface area contributed by atoms with Crippen molar-refractivity contribution in [2.75, 3.05) is 31.1 Å². The van der Waals surface area contributed by atoms with E-state index in [0.29, 0.717) is 57.8 Å². The third kappa shape index (κ3) is 4.82. The van der Waals surface area contributed by atoms with E-state index in [-0.39, 0.29) is 30.0 Å². The highest BCUT2D eigenvalue weighted by molar-refractivity contribution is 7.85. The fourth-order valence-corrected chi connectivity index (χ4v) is 6.58. The van der Waals surface area contributed by atoms with E-state index in [9.17, 15) is 18.6 Å². The van der Waals surface area contributed by atoms with Gasteiger partial charge in [0, 0.05) is 36.8 Å². The monoisotopic (exact) mass is 573 g/mol. The van der Waals surface area contributed by atoms with Gasteiger partial charge in [0.05, 0.1) is 44.6 Å². The van der Waals surface area contributed by atoms with Crippen molar-refractivity contribution in [1.82, 2.24) is 9.80 Å². The lowest BCUT2D eigenvalue weighted by Crippen LogP contribution is -2.50. The van der Waals surface area contributed by atoms with E-state index in [0.717, 1.165) is 5.56 Å². The van der Waals surface area contributed by atoms with Gasteiger partial charge in [-0.15, -0.1) is 0 Å². The van der Waals surface area contributed by atoms with E-state index in [2.05, 4.69) is 0 Å². The molecule has 8 nitrogen and oxygen atoms in total. The number of piperazine rings is 1. The third-order valence-corrected chi connectivity index (χ3v) is 8.81. The minimum Gasteiger partial charge on any atom is -0.459 e. The first-order valence-electron chi connectivity index (χ1n) is 12.7. The lowest BCUT2D eigenvalue weighted by Gasteiger charge is -2.34. The summed E-state index contributed by atoms with van der Waals surface area (Å²) in [5.41, 5.74) is 1.93. The Hall–Kier alpha value is -4.21. The molecule has 1 saturated heterocycles. The van der Waals surface area contributed by atoms with Gasteiger partial charge < -0.3 is 19.1 Å². The Labute approximate surface area is 238 Å². The highest BCUT2D eigenvalue weighted by Crippen LogP contribution is 2.36. The molecule has 0 saturated carbocycles. The minimum absolute atomic E-state index is 0.184. The Morgan fingerprint density at radius 2 is 1.57 bits per heavy atom. The molecule has 0 N–H and O–H groups in total. The molecule has 0 aliphatic carbocycles. The normalized spacial score (nSPS) is 16.8. The van der Waals surface area contributed by atoms with Gasteiger partial charge in [0.2, 0.25) is 0 Å². The maximum atomic E-state index is 13.8. The molecule has 0 spiro atoms. The average Bonchev–Trinajstić information content (AvgIpc) is 3.51. The van der Waals surface area contributed by atoms with Gasteiger partial charge in [-0.05, 0) is 60.2 Å². The number of hydrogen-bond donors (Lipinski definition) is 0. The summed E-state index contributed by atoms with van der Waals surface area (Å²) in [5, 5.41) is 0.539. The molecule has 0 radical (unpaired) electrons. The maximum absolute atomic E-state index is 13.8. The van der Waals surface area contributed by atoms with Crippen molar-refractivity contribution >= 4 is 45.8 Å². The van der Waals surface area contributed by atoms with Gasteiger partial charge in [-0.1, -0.05) is 35.9 Å². The van der Waals surface area contributed by atoms with Crippen LogP contribution in [0.1, 0.15) is 36.8 Å². The molecule has 1 fully saturated rings. The molecule has 40 heavy (non-hydrogen) atoms. The van der Waals surface area contributed by atoms with Crippen molar-refractivity contribution in [3.8, 4) is 0 Å². The van der Waals surface area contributed by atoms with Crippen molar-refractivity contribution in [2.24, 2.45) is 0 Å². The summed E-state index contributed by atoms with van der Waals surface area (Å²) in [6.07, 6.45) is 1.46. The maximum Gasteiger partial charge on any atom is 0.289 e. The van der Waals surface area contributed by atoms with Gasteiger partial charge in [0.25, 0.3) is 17.7 Å². The number of nitrogens with zero attached hydrogens (tertiary/aromatic N) is 3. The lowest BCUT2D eigenvalue weighted by molar-refractivity contribution is 0.0518. The topological polar surface area (TPSA) is 91.1 Å². The first-order valence-corrected chi connectivity index (χ1v) is 14.3. The van der Waals surface area contributed by atoms with E-state index in [4.69, 9.17) is 16.0 Å². The van der Waals surface area contributed by atoms with Crippen LogP contribution in [0.15, 0.2) is 99.3 Å². The molecule has 1 aromatic heterocycles. The van der Waals surface area contributed by atoms with Crippen LogP contribution in [0.4, 0.5) is 5.69 Å². The van der Waals surface area contributed by atoms with Crippen LogP contribution < -0.4 is 4.90 Å². The van der Waals surface area contributed by atoms with Crippen molar-refractivity contribution in [1.29, 1.82) is 0 Å². The molecular formula is C30H24ClN3O5S. The summed E-state index contributed by atoms with van der Waals surface area (Å²) in [5.74, 6) is -0.476. The molecule has 3 heterocycles. The molecule has 3 amide bonds. The number of carbonyl (C=O) groups excluding carboxylic acids is 3. The molecule has 3 aromatic carbocycles. The molecule has 6 rings (SSSR count). The number of halogens is 1. The van der Waals surface area contributed by atoms with Crippen LogP contribution >= 0.6 is 11.6 Å². The summed E-state index contributed by atoms with van der Waals surface area (Å²) in [6, 6.07) is 22.3. The molecule has 2 aliphatic rings. The van der Waals surface area contributed by atoms with Gasteiger partial charge in [-0.3, -0.25) is 14.4 Å². The van der Waals surface area contributed by atoms with Crippen molar-refractivity contribution in [2.45, 2.75) is 16.3 Å². The molecule has 1 atom stereocenters. The second kappa shape index (κ2) is 10.7.